The average Bonchev–Trinajstić information content (AvgIpc) is 3.30. The molecule has 0 radical (unpaired) electrons. The lowest BCUT2D eigenvalue weighted by Gasteiger charge is -2.26. The molecule has 0 fully saturated rings. The number of carbonyl (C=O) groups is 1. The number of ether oxygens (including phenoxy) is 1. The van der Waals surface area contributed by atoms with Crippen molar-refractivity contribution in [3.8, 4) is 5.75 Å². The number of anilines is 2. The summed E-state index contributed by atoms with van der Waals surface area (Å²) >= 11 is 8.12. The number of rotatable bonds is 9. The highest BCUT2D eigenvalue weighted by Crippen LogP contribution is 2.38. The second-order valence-corrected chi connectivity index (χ2v) is 10.00. The van der Waals surface area contributed by atoms with Gasteiger partial charge in [0.25, 0.3) is 0 Å². The summed E-state index contributed by atoms with van der Waals surface area (Å²) in [6, 6.07) is 11.3. The van der Waals surface area contributed by atoms with Crippen LogP contribution in [-0.2, 0) is 24.4 Å². The van der Waals surface area contributed by atoms with E-state index in [0.29, 0.717) is 37.0 Å². The SMILES string of the molecule is CCNC/C=C/C(=O)N1CCc2c(sc3ncnc(Nc4ccc(OCc5ccccn5)c(Cl)c4)c23)C1. The van der Waals surface area contributed by atoms with Gasteiger partial charge in [0.05, 0.1) is 22.6 Å². The molecule has 1 aliphatic heterocycles. The van der Waals surface area contributed by atoms with Crippen molar-refractivity contribution in [1.82, 2.24) is 25.2 Å². The van der Waals surface area contributed by atoms with Crippen LogP contribution >= 0.6 is 22.9 Å². The third-order valence-electron chi connectivity index (χ3n) is 6.02. The van der Waals surface area contributed by atoms with E-state index in [1.165, 1.54) is 5.56 Å². The van der Waals surface area contributed by atoms with Crippen molar-refractivity contribution >= 4 is 50.6 Å². The number of aromatic nitrogens is 3. The van der Waals surface area contributed by atoms with Gasteiger partial charge in [0.2, 0.25) is 5.91 Å². The molecule has 0 unspecified atom stereocenters. The predicted octanol–water partition coefficient (Wildman–Crippen LogP) is 5.11. The molecular formula is C27H27ClN6O2S. The summed E-state index contributed by atoms with van der Waals surface area (Å²) in [5.41, 5.74) is 2.83. The second kappa shape index (κ2) is 11.7. The van der Waals surface area contributed by atoms with Crippen molar-refractivity contribution in [3.05, 3.63) is 82.2 Å². The highest BCUT2D eigenvalue weighted by atomic mass is 35.5. The molecule has 1 aliphatic rings. The lowest BCUT2D eigenvalue weighted by atomic mass is 10.0. The third kappa shape index (κ3) is 5.90. The standard InChI is InChI=1S/C27H27ClN6O2S/c1-2-29-11-5-7-24(35)34-13-10-20-23(15-34)37-27-25(20)26(31-17-32-27)33-18-8-9-22(21(28)14-18)36-16-19-6-3-4-12-30-19/h3-9,12,14,17,29H,2,10-11,13,15-16H2,1H3,(H,31,32,33)/b7-5+. The molecule has 4 heterocycles. The summed E-state index contributed by atoms with van der Waals surface area (Å²) in [6.07, 6.45) is 7.58. The van der Waals surface area contributed by atoms with Crippen LogP contribution < -0.4 is 15.4 Å². The fraction of sp³-hybridized carbons (Fsp3) is 0.259. The van der Waals surface area contributed by atoms with E-state index >= 15 is 0 Å². The number of fused-ring (bicyclic) bond motifs is 3. The van der Waals surface area contributed by atoms with Crippen LogP contribution in [0.25, 0.3) is 10.2 Å². The van der Waals surface area contributed by atoms with Gasteiger partial charge in [-0.05, 0) is 48.9 Å². The molecule has 2 N–H and O–H groups in total. The molecule has 4 aromatic rings. The van der Waals surface area contributed by atoms with Crippen LogP contribution in [0.2, 0.25) is 5.02 Å². The number of pyridine rings is 1. The Kier molecular flexibility index (Phi) is 7.93. The van der Waals surface area contributed by atoms with E-state index in [-0.39, 0.29) is 5.91 Å². The number of nitrogens with zero attached hydrogens (tertiary/aromatic N) is 4. The Morgan fingerprint density at radius 1 is 1.24 bits per heavy atom. The smallest absolute Gasteiger partial charge is 0.246 e. The van der Waals surface area contributed by atoms with Crippen LogP contribution in [0.4, 0.5) is 11.5 Å². The van der Waals surface area contributed by atoms with Crippen LogP contribution in [0.15, 0.2) is 61.1 Å². The summed E-state index contributed by atoms with van der Waals surface area (Å²) in [4.78, 5) is 29.9. The predicted molar refractivity (Wildman–Crippen MR) is 148 cm³/mol. The van der Waals surface area contributed by atoms with Crippen LogP contribution in [0.5, 0.6) is 5.75 Å². The Morgan fingerprint density at radius 3 is 2.97 bits per heavy atom. The van der Waals surface area contributed by atoms with Gasteiger partial charge in [0, 0.05) is 35.9 Å². The van der Waals surface area contributed by atoms with E-state index in [0.717, 1.165) is 45.3 Å². The normalized spacial score (nSPS) is 13.2. The molecule has 0 saturated heterocycles. The van der Waals surface area contributed by atoms with Crippen molar-refractivity contribution < 1.29 is 9.53 Å². The minimum absolute atomic E-state index is 0.0328. The van der Waals surface area contributed by atoms with E-state index in [4.69, 9.17) is 16.3 Å². The molecule has 0 bridgehead atoms. The summed E-state index contributed by atoms with van der Waals surface area (Å²) in [5, 5.41) is 8.09. The van der Waals surface area contributed by atoms with Crippen LogP contribution in [0.1, 0.15) is 23.1 Å². The van der Waals surface area contributed by atoms with E-state index < -0.39 is 0 Å². The molecule has 1 aromatic carbocycles. The van der Waals surface area contributed by atoms with E-state index in [9.17, 15) is 4.79 Å². The molecular weight excluding hydrogens is 508 g/mol. The number of benzene rings is 1. The summed E-state index contributed by atoms with van der Waals surface area (Å²) < 4.78 is 5.84. The van der Waals surface area contributed by atoms with Crippen LogP contribution in [0, 0.1) is 0 Å². The maximum absolute atomic E-state index is 12.6. The number of likely N-dealkylation sites (N-methyl/N-ethyl adjacent to an activating group) is 1. The second-order valence-electron chi connectivity index (χ2n) is 8.51. The van der Waals surface area contributed by atoms with Crippen molar-refractivity contribution in [2.24, 2.45) is 0 Å². The van der Waals surface area contributed by atoms with Gasteiger partial charge in [0.15, 0.2) is 0 Å². The van der Waals surface area contributed by atoms with Crippen molar-refractivity contribution in [1.29, 1.82) is 0 Å². The first-order chi connectivity index (χ1) is 18.1. The molecule has 0 saturated carbocycles. The quantitative estimate of drug-likeness (QED) is 0.227. The lowest BCUT2D eigenvalue weighted by molar-refractivity contribution is -0.126. The number of carbonyl (C=O) groups excluding carboxylic acids is 1. The fourth-order valence-electron chi connectivity index (χ4n) is 4.17. The number of amides is 1. The van der Waals surface area contributed by atoms with E-state index in [1.54, 1.807) is 29.9 Å². The molecule has 0 aliphatic carbocycles. The summed E-state index contributed by atoms with van der Waals surface area (Å²) in [6.45, 7) is 5.18. The van der Waals surface area contributed by atoms with Gasteiger partial charge in [0.1, 0.15) is 29.3 Å². The zero-order chi connectivity index (χ0) is 25.6. The zero-order valence-electron chi connectivity index (χ0n) is 20.4. The maximum Gasteiger partial charge on any atom is 0.246 e. The molecule has 5 rings (SSSR count). The van der Waals surface area contributed by atoms with Crippen LogP contribution in [0.3, 0.4) is 0 Å². The first-order valence-electron chi connectivity index (χ1n) is 12.1. The third-order valence-corrected chi connectivity index (χ3v) is 7.44. The Hall–Kier alpha value is -3.53. The average molecular weight is 535 g/mol. The molecule has 3 aromatic heterocycles. The molecule has 0 spiro atoms. The minimum Gasteiger partial charge on any atom is -0.486 e. The van der Waals surface area contributed by atoms with Crippen molar-refractivity contribution in [3.63, 3.8) is 0 Å². The van der Waals surface area contributed by atoms with Gasteiger partial charge < -0.3 is 20.3 Å². The molecule has 10 heteroatoms. The zero-order valence-corrected chi connectivity index (χ0v) is 22.0. The lowest BCUT2D eigenvalue weighted by Crippen LogP contribution is -2.34. The van der Waals surface area contributed by atoms with Gasteiger partial charge in [-0.1, -0.05) is 30.7 Å². The maximum atomic E-state index is 12.6. The van der Waals surface area contributed by atoms with Gasteiger partial charge in [-0.25, -0.2) is 9.97 Å². The Labute approximate surface area is 224 Å². The highest BCUT2D eigenvalue weighted by Gasteiger charge is 2.25. The number of halogens is 1. The number of hydrogen-bond acceptors (Lipinski definition) is 8. The first kappa shape index (κ1) is 25.1. The van der Waals surface area contributed by atoms with Gasteiger partial charge in [-0.15, -0.1) is 11.3 Å². The number of nitrogens with one attached hydrogen (secondary N) is 2. The number of hydrogen-bond donors (Lipinski definition) is 2. The topological polar surface area (TPSA) is 92.3 Å². The molecule has 0 atom stereocenters. The molecule has 1 amide bonds. The Morgan fingerprint density at radius 2 is 2.16 bits per heavy atom. The molecule has 190 valence electrons. The van der Waals surface area contributed by atoms with Crippen molar-refractivity contribution in [2.45, 2.75) is 26.5 Å². The largest absolute Gasteiger partial charge is 0.486 e. The van der Waals surface area contributed by atoms with Gasteiger partial charge in [-0.2, -0.15) is 0 Å². The summed E-state index contributed by atoms with van der Waals surface area (Å²) in [5.74, 6) is 1.35. The highest BCUT2D eigenvalue weighted by molar-refractivity contribution is 7.19. The van der Waals surface area contributed by atoms with E-state index in [2.05, 4.69) is 25.6 Å². The first-order valence-corrected chi connectivity index (χ1v) is 13.3. The minimum atomic E-state index is 0.0328. The number of thiophene rings is 1. The molecule has 37 heavy (non-hydrogen) atoms. The fourth-order valence-corrected chi connectivity index (χ4v) is 5.61. The van der Waals surface area contributed by atoms with Gasteiger partial charge >= 0.3 is 0 Å². The monoisotopic (exact) mass is 534 g/mol. The summed E-state index contributed by atoms with van der Waals surface area (Å²) in [7, 11) is 0. The Balaban J connectivity index is 1.31. The van der Waals surface area contributed by atoms with E-state index in [1.807, 2.05) is 54.3 Å². The molecule has 8 nitrogen and oxygen atoms in total. The van der Waals surface area contributed by atoms with Crippen molar-refractivity contribution in [2.75, 3.05) is 25.0 Å². The van der Waals surface area contributed by atoms with Gasteiger partial charge in [-0.3, -0.25) is 9.78 Å². The Bertz CT molecular complexity index is 1430. The van der Waals surface area contributed by atoms with Crippen LogP contribution in [-0.4, -0.2) is 45.4 Å².